The van der Waals surface area contributed by atoms with Crippen LogP contribution in [0.3, 0.4) is 0 Å². The molecule has 1 heteroatoms. The fourth-order valence-electron chi connectivity index (χ4n) is 1.30. The second-order valence-corrected chi connectivity index (χ2v) is 3.50. The van der Waals surface area contributed by atoms with E-state index in [1.165, 1.54) is 11.1 Å². The highest BCUT2D eigenvalue weighted by molar-refractivity contribution is 5.22. The Labute approximate surface area is 81.4 Å². The van der Waals surface area contributed by atoms with E-state index in [0.29, 0.717) is 0 Å². The number of hydrogen-bond donors (Lipinski definition) is 0. The summed E-state index contributed by atoms with van der Waals surface area (Å²) in [6, 6.07) is 8.90. The predicted octanol–water partition coefficient (Wildman–Crippen LogP) is 2.70. The van der Waals surface area contributed by atoms with E-state index >= 15 is 0 Å². The van der Waals surface area contributed by atoms with Gasteiger partial charge in [0.15, 0.2) is 0 Å². The van der Waals surface area contributed by atoms with Crippen LogP contribution in [0, 0.1) is 0 Å². The minimum atomic E-state index is 1.06. The van der Waals surface area contributed by atoms with E-state index in [0.717, 1.165) is 19.5 Å². The van der Waals surface area contributed by atoms with Crippen molar-refractivity contribution in [3.05, 3.63) is 35.4 Å². The van der Waals surface area contributed by atoms with Gasteiger partial charge in [-0.05, 0) is 31.1 Å². The molecule has 0 saturated heterocycles. The summed E-state index contributed by atoms with van der Waals surface area (Å²) in [5.41, 5.74) is 2.82. The summed E-state index contributed by atoms with van der Waals surface area (Å²) >= 11 is 0. The number of benzene rings is 1. The normalized spacial score (nSPS) is 10.8. The molecular weight excluding hydrogens is 158 g/mol. The van der Waals surface area contributed by atoms with Crippen LogP contribution in [0.25, 0.3) is 0 Å². The molecular formula is C12H19N. The molecule has 0 aromatic heterocycles. The van der Waals surface area contributed by atoms with Crippen LogP contribution in [-0.2, 0) is 13.0 Å². The fourth-order valence-corrected chi connectivity index (χ4v) is 1.30. The van der Waals surface area contributed by atoms with Gasteiger partial charge in [-0.2, -0.15) is 0 Å². The highest BCUT2D eigenvalue weighted by Gasteiger charge is 1.96. The zero-order valence-corrected chi connectivity index (χ0v) is 8.88. The molecule has 0 aliphatic carbocycles. The number of nitrogens with zero attached hydrogens (tertiary/aromatic N) is 1. The van der Waals surface area contributed by atoms with Crippen molar-refractivity contribution in [1.29, 1.82) is 0 Å². The first-order valence-corrected chi connectivity index (χ1v) is 5.02. The van der Waals surface area contributed by atoms with E-state index in [1.54, 1.807) is 0 Å². The molecule has 0 amide bonds. The average molecular weight is 177 g/mol. The van der Waals surface area contributed by atoms with Gasteiger partial charge in [-0.15, -0.1) is 0 Å². The van der Waals surface area contributed by atoms with Crippen LogP contribution in [0.1, 0.15) is 25.0 Å². The predicted molar refractivity (Wildman–Crippen MR) is 57.8 cm³/mol. The Morgan fingerprint density at radius 1 is 1.00 bits per heavy atom. The van der Waals surface area contributed by atoms with Gasteiger partial charge >= 0.3 is 0 Å². The summed E-state index contributed by atoms with van der Waals surface area (Å²) in [5.74, 6) is 0. The number of aryl methyl sites for hydroxylation is 1. The smallest absolute Gasteiger partial charge is 0.0230 e. The maximum absolute atomic E-state index is 2.31. The molecule has 0 fully saturated rings. The molecule has 0 aliphatic rings. The van der Waals surface area contributed by atoms with Crippen LogP contribution in [0.4, 0.5) is 0 Å². The average Bonchev–Trinajstić information content (AvgIpc) is 2.19. The van der Waals surface area contributed by atoms with E-state index in [4.69, 9.17) is 0 Å². The largest absolute Gasteiger partial charge is 0.302 e. The third-order valence-corrected chi connectivity index (χ3v) is 2.42. The van der Waals surface area contributed by atoms with Crippen molar-refractivity contribution < 1.29 is 0 Å². The molecule has 1 aromatic rings. The van der Waals surface area contributed by atoms with Gasteiger partial charge in [-0.25, -0.2) is 0 Å². The fraction of sp³-hybridized carbons (Fsp3) is 0.500. The lowest BCUT2D eigenvalue weighted by atomic mass is 10.1. The van der Waals surface area contributed by atoms with Crippen molar-refractivity contribution >= 4 is 0 Å². The highest BCUT2D eigenvalue weighted by atomic mass is 15.1. The topological polar surface area (TPSA) is 3.24 Å². The third kappa shape index (κ3) is 3.19. The summed E-state index contributed by atoms with van der Waals surface area (Å²) < 4.78 is 0. The van der Waals surface area contributed by atoms with Crippen molar-refractivity contribution in [1.82, 2.24) is 4.90 Å². The second-order valence-electron chi connectivity index (χ2n) is 3.50. The van der Waals surface area contributed by atoms with E-state index in [9.17, 15) is 0 Å². The van der Waals surface area contributed by atoms with Crippen molar-refractivity contribution in [3.8, 4) is 0 Å². The molecule has 1 aromatic carbocycles. The van der Waals surface area contributed by atoms with Crippen LogP contribution in [0.5, 0.6) is 0 Å². The Bertz CT molecular complexity index is 238. The summed E-state index contributed by atoms with van der Waals surface area (Å²) in [6.45, 7) is 6.53. The van der Waals surface area contributed by atoms with Crippen molar-refractivity contribution in [2.75, 3.05) is 13.6 Å². The summed E-state index contributed by atoms with van der Waals surface area (Å²) in [5, 5.41) is 0. The Kier molecular flexibility index (Phi) is 3.97. The molecule has 0 spiro atoms. The van der Waals surface area contributed by atoms with E-state index in [-0.39, 0.29) is 0 Å². The minimum Gasteiger partial charge on any atom is -0.302 e. The maximum Gasteiger partial charge on any atom is 0.0230 e. The Morgan fingerprint density at radius 2 is 1.54 bits per heavy atom. The van der Waals surface area contributed by atoms with Gasteiger partial charge in [0.25, 0.3) is 0 Å². The first-order chi connectivity index (χ1) is 6.26. The van der Waals surface area contributed by atoms with Crippen molar-refractivity contribution in [3.63, 3.8) is 0 Å². The summed E-state index contributed by atoms with van der Waals surface area (Å²) in [6.07, 6.45) is 1.13. The molecule has 0 aliphatic heterocycles. The molecule has 0 N–H and O–H groups in total. The van der Waals surface area contributed by atoms with E-state index in [1.807, 2.05) is 0 Å². The third-order valence-electron chi connectivity index (χ3n) is 2.42. The summed E-state index contributed by atoms with van der Waals surface area (Å²) in [4.78, 5) is 2.31. The Morgan fingerprint density at radius 3 is 2.00 bits per heavy atom. The molecule has 1 rings (SSSR count). The Hall–Kier alpha value is -0.820. The highest BCUT2D eigenvalue weighted by Crippen LogP contribution is 2.06. The van der Waals surface area contributed by atoms with Gasteiger partial charge in [0.05, 0.1) is 0 Å². The molecule has 13 heavy (non-hydrogen) atoms. The maximum atomic E-state index is 2.31. The second kappa shape index (κ2) is 5.03. The standard InChI is InChI=1S/C12H19N/c1-4-11-6-8-12(9-7-11)10-13(3)5-2/h6-9H,4-5,10H2,1-3H3. The zero-order chi connectivity index (χ0) is 9.68. The monoisotopic (exact) mass is 177 g/mol. The molecule has 0 radical (unpaired) electrons. The van der Waals surface area contributed by atoms with Gasteiger partial charge in [-0.3, -0.25) is 0 Å². The molecule has 72 valence electrons. The van der Waals surface area contributed by atoms with Gasteiger partial charge in [0, 0.05) is 6.54 Å². The summed E-state index contributed by atoms with van der Waals surface area (Å²) in [7, 11) is 2.15. The molecule has 0 atom stereocenters. The number of hydrogen-bond acceptors (Lipinski definition) is 1. The van der Waals surface area contributed by atoms with E-state index < -0.39 is 0 Å². The van der Waals surface area contributed by atoms with Gasteiger partial charge in [0.2, 0.25) is 0 Å². The van der Waals surface area contributed by atoms with Crippen LogP contribution in [0.2, 0.25) is 0 Å². The molecule has 0 unspecified atom stereocenters. The van der Waals surface area contributed by atoms with Crippen LogP contribution < -0.4 is 0 Å². The zero-order valence-electron chi connectivity index (χ0n) is 8.88. The minimum absolute atomic E-state index is 1.06. The van der Waals surface area contributed by atoms with Gasteiger partial charge in [0.1, 0.15) is 0 Å². The lowest BCUT2D eigenvalue weighted by Gasteiger charge is -2.13. The quantitative estimate of drug-likeness (QED) is 0.683. The number of rotatable bonds is 4. The molecule has 1 nitrogen and oxygen atoms in total. The molecule has 0 heterocycles. The van der Waals surface area contributed by atoms with Crippen molar-refractivity contribution in [2.24, 2.45) is 0 Å². The van der Waals surface area contributed by atoms with Crippen LogP contribution in [0.15, 0.2) is 24.3 Å². The van der Waals surface area contributed by atoms with Crippen LogP contribution in [-0.4, -0.2) is 18.5 Å². The van der Waals surface area contributed by atoms with E-state index in [2.05, 4.69) is 50.1 Å². The first kappa shape index (κ1) is 10.3. The lowest BCUT2D eigenvalue weighted by Crippen LogP contribution is -2.16. The Balaban J connectivity index is 2.58. The lowest BCUT2D eigenvalue weighted by molar-refractivity contribution is 0.346. The molecule has 0 saturated carbocycles. The SMILES string of the molecule is CCc1ccc(CN(C)CC)cc1. The molecule has 0 bridgehead atoms. The first-order valence-electron chi connectivity index (χ1n) is 5.02. The van der Waals surface area contributed by atoms with Gasteiger partial charge < -0.3 is 4.90 Å². The van der Waals surface area contributed by atoms with Gasteiger partial charge in [-0.1, -0.05) is 38.1 Å². The van der Waals surface area contributed by atoms with Crippen LogP contribution >= 0.6 is 0 Å². The van der Waals surface area contributed by atoms with Crippen molar-refractivity contribution in [2.45, 2.75) is 26.8 Å².